The molecule has 1 fully saturated rings. The maximum absolute atomic E-state index is 6.13. The van der Waals surface area contributed by atoms with Gasteiger partial charge < -0.3 is 5.73 Å². The van der Waals surface area contributed by atoms with Gasteiger partial charge in [0.1, 0.15) is 0 Å². The van der Waals surface area contributed by atoms with Crippen LogP contribution in [0, 0.1) is 5.92 Å². The Morgan fingerprint density at radius 3 is 2.60 bits per heavy atom. The average molecular weight is 141 g/mol. The largest absolute Gasteiger partial charge is 0.325 e. The van der Waals surface area contributed by atoms with Gasteiger partial charge in [-0.1, -0.05) is 26.2 Å². The first-order valence-electron chi connectivity index (χ1n) is 4.45. The molecule has 0 aliphatic heterocycles. The van der Waals surface area contributed by atoms with E-state index in [1.165, 1.54) is 32.1 Å². The van der Waals surface area contributed by atoms with Gasteiger partial charge in [-0.15, -0.1) is 0 Å². The Bertz CT molecular complexity index is 107. The molecule has 2 atom stereocenters. The Morgan fingerprint density at radius 2 is 2.20 bits per heavy atom. The van der Waals surface area contributed by atoms with E-state index in [0.29, 0.717) is 0 Å². The van der Waals surface area contributed by atoms with Crippen molar-refractivity contribution in [3.8, 4) is 0 Å². The smallest absolute Gasteiger partial charge is 0.0154 e. The number of hydrogen-bond donors (Lipinski definition) is 1. The molecule has 0 aromatic rings. The predicted octanol–water partition coefficient (Wildman–Crippen LogP) is 2.30. The molecule has 0 heterocycles. The summed E-state index contributed by atoms with van der Waals surface area (Å²) in [5, 5.41) is 0. The first-order valence-corrected chi connectivity index (χ1v) is 4.45. The molecular formula is C9H19N. The van der Waals surface area contributed by atoms with E-state index in [1.54, 1.807) is 0 Å². The molecule has 0 aromatic carbocycles. The Kier molecular flexibility index (Phi) is 2.35. The van der Waals surface area contributed by atoms with Crippen LogP contribution in [0.25, 0.3) is 0 Å². The fourth-order valence-corrected chi connectivity index (χ4v) is 2.10. The molecule has 1 heteroatoms. The van der Waals surface area contributed by atoms with Crippen LogP contribution in [-0.4, -0.2) is 5.54 Å². The molecule has 1 nitrogen and oxygen atoms in total. The second-order valence-electron chi connectivity index (χ2n) is 3.86. The van der Waals surface area contributed by atoms with E-state index in [0.717, 1.165) is 5.92 Å². The summed E-state index contributed by atoms with van der Waals surface area (Å²) in [7, 11) is 0. The molecule has 1 saturated carbocycles. The third-order valence-corrected chi connectivity index (χ3v) is 2.94. The van der Waals surface area contributed by atoms with Crippen LogP contribution in [0.3, 0.4) is 0 Å². The van der Waals surface area contributed by atoms with E-state index in [2.05, 4.69) is 13.8 Å². The zero-order valence-corrected chi connectivity index (χ0v) is 7.19. The summed E-state index contributed by atoms with van der Waals surface area (Å²) >= 11 is 0. The molecule has 1 aliphatic rings. The lowest BCUT2D eigenvalue weighted by atomic mass is 9.73. The number of hydrogen-bond acceptors (Lipinski definition) is 1. The molecule has 0 saturated heterocycles. The summed E-state index contributed by atoms with van der Waals surface area (Å²) in [5.74, 6) is 0.779. The molecular weight excluding hydrogens is 122 g/mol. The van der Waals surface area contributed by atoms with Crippen molar-refractivity contribution in [2.75, 3.05) is 0 Å². The molecule has 0 aromatic heterocycles. The standard InChI is InChI=1S/C9H19N/c1-3-8-6-4-5-7-9(8,2)10/h8H,3-7,10H2,1-2H3/t8-,9+/m1/s1. The van der Waals surface area contributed by atoms with Crippen LogP contribution >= 0.6 is 0 Å². The normalized spacial score (nSPS) is 41.7. The zero-order chi connectivity index (χ0) is 7.61. The summed E-state index contributed by atoms with van der Waals surface area (Å²) in [6.07, 6.45) is 6.57. The lowest BCUT2D eigenvalue weighted by Crippen LogP contribution is -2.45. The van der Waals surface area contributed by atoms with Crippen molar-refractivity contribution in [1.82, 2.24) is 0 Å². The zero-order valence-electron chi connectivity index (χ0n) is 7.19. The van der Waals surface area contributed by atoms with Crippen LogP contribution in [0.2, 0.25) is 0 Å². The van der Waals surface area contributed by atoms with E-state index in [-0.39, 0.29) is 5.54 Å². The van der Waals surface area contributed by atoms with Crippen molar-refractivity contribution in [1.29, 1.82) is 0 Å². The highest BCUT2D eigenvalue weighted by Crippen LogP contribution is 2.33. The highest BCUT2D eigenvalue weighted by molar-refractivity contribution is 4.89. The second-order valence-corrected chi connectivity index (χ2v) is 3.86. The van der Waals surface area contributed by atoms with Crippen molar-refractivity contribution in [2.45, 2.75) is 51.5 Å². The lowest BCUT2D eigenvalue weighted by Gasteiger charge is -2.37. The quantitative estimate of drug-likeness (QED) is 0.595. The fourth-order valence-electron chi connectivity index (χ4n) is 2.10. The van der Waals surface area contributed by atoms with E-state index in [9.17, 15) is 0 Å². The van der Waals surface area contributed by atoms with Crippen LogP contribution in [0.1, 0.15) is 46.0 Å². The fraction of sp³-hybridized carbons (Fsp3) is 1.00. The minimum absolute atomic E-state index is 0.146. The van der Waals surface area contributed by atoms with Crippen molar-refractivity contribution in [2.24, 2.45) is 11.7 Å². The van der Waals surface area contributed by atoms with Gasteiger partial charge in [-0.3, -0.25) is 0 Å². The van der Waals surface area contributed by atoms with Gasteiger partial charge in [0.05, 0.1) is 0 Å². The average Bonchev–Trinajstić information content (AvgIpc) is 1.87. The molecule has 0 bridgehead atoms. The minimum atomic E-state index is 0.146. The summed E-state index contributed by atoms with van der Waals surface area (Å²) < 4.78 is 0. The third kappa shape index (κ3) is 1.51. The van der Waals surface area contributed by atoms with Crippen molar-refractivity contribution in [3.63, 3.8) is 0 Å². The van der Waals surface area contributed by atoms with Crippen LogP contribution in [0.5, 0.6) is 0 Å². The molecule has 0 amide bonds. The third-order valence-electron chi connectivity index (χ3n) is 2.94. The van der Waals surface area contributed by atoms with E-state index >= 15 is 0 Å². The van der Waals surface area contributed by atoms with Crippen molar-refractivity contribution >= 4 is 0 Å². The van der Waals surface area contributed by atoms with Gasteiger partial charge in [-0.2, -0.15) is 0 Å². The predicted molar refractivity (Wildman–Crippen MR) is 44.8 cm³/mol. The summed E-state index contributed by atoms with van der Waals surface area (Å²) in [5.41, 5.74) is 6.28. The maximum Gasteiger partial charge on any atom is 0.0154 e. The second kappa shape index (κ2) is 2.91. The van der Waals surface area contributed by atoms with Gasteiger partial charge in [-0.05, 0) is 25.7 Å². The van der Waals surface area contributed by atoms with Gasteiger partial charge in [0.25, 0.3) is 0 Å². The molecule has 10 heavy (non-hydrogen) atoms. The maximum atomic E-state index is 6.13. The van der Waals surface area contributed by atoms with E-state index < -0.39 is 0 Å². The van der Waals surface area contributed by atoms with Crippen LogP contribution in [0.15, 0.2) is 0 Å². The Morgan fingerprint density at radius 1 is 1.50 bits per heavy atom. The monoisotopic (exact) mass is 141 g/mol. The molecule has 2 N–H and O–H groups in total. The molecule has 1 aliphatic carbocycles. The Balaban J connectivity index is 2.51. The Hall–Kier alpha value is -0.0400. The molecule has 0 unspecified atom stereocenters. The van der Waals surface area contributed by atoms with Crippen LogP contribution < -0.4 is 5.73 Å². The van der Waals surface area contributed by atoms with Crippen molar-refractivity contribution < 1.29 is 0 Å². The van der Waals surface area contributed by atoms with Gasteiger partial charge in [0, 0.05) is 5.54 Å². The Labute approximate surface area is 64.0 Å². The van der Waals surface area contributed by atoms with Crippen LogP contribution in [0.4, 0.5) is 0 Å². The first kappa shape index (κ1) is 8.06. The summed E-state index contributed by atoms with van der Waals surface area (Å²) in [6.45, 7) is 4.46. The van der Waals surface area contributed by atoms with Gasteiger partial charge in [-0.25, -0.2) is 0 Å². The minimum Gasteiger partial charge on any atom is -0.325 e. The topological polar surface area (TPSA) is 26.0 Å². The van der Waals surface area contributed by atoms with E-state index in [4.69, 9.17) is 5.73 Å². The molecule has 0 spiro atoms. The van der Waals surface area contributed by atoms with Gasteiger partial charge in [0.15, 0.2) is 0 Å². The highest BCUT2D eigenvalue weighted by atomic mass is 14.7. The molecule has 60 valence electrons. The lowest BCUT2D eigenvalue weighted by molar-refractivity contribution is 0.203. The number of nitrogens with two attached hydrogens (primary N) is 1. The molecule has 1 rings (SSSR count). The van der Waals surface area contributed by atoms with Crippen molar-refractivity contribution in [3.05, 3.63) is 0 Å². The van der Waals surface area contributed by atoms with Crippen LogP contribution in [-0.2, 0) is 0 Å². The van der Waals surface area contributed by atoms with Gasteiger partial charge >= 0.3 is 0 Å². The van der Waals surface area contributed by atoms with E-state index in [1.807, 2.05) is 0 Å². The SMILES string of the molecule is CC[C@@H]1CCCC[C@]1(C)N. The highest BCUT2D eigenvalue weighted by Gasteiger charge is 2.30. The van der Waals surface area contributed by atoms with Gasteiger partial charge in [0.2, 0.25) is 0 Å². The number of rotatable bonds is 1. The summed E-state index contributed by atoms with van der Waals surface area (Å²) in [4.78, 5) is 0. The summed E-state index contributed by atoms with van der Waals surface area (Å²) in [6, 6.07) is 0. The molecule has 0 radical (unpaired) electrons. The first-order chi connectivity index (χ1) is 4.67.